The molecule has 2 amide bonds. The van der Waals surface area contributed by atoms with Crippen LogP contribution in [-0.4, -0.2) is 17.9 Å². The van der Waals surface area contributed by atoms with E-state index in [1.165, 1.54) is 38.5 Å². The van der Waals surface area contributed by atoms with Gasteiger partial charge in [0.05, 0.1) is 16.7 Å². The third-order valence-corrected chi connectivity index (χ3v) is 7.88. The van der Waals surface area contributed by atoms with Crippen LogP contribution in [-0.2, 0) is 4.79 Å². The number of hydrogen-bond donors (Lipinski definition) is 2. The summed E-state index contributed by atoms with van der Waals surface area (Å²) in [6.45, 7) is 0. The summed E-state index contributed by atoms with van der Waals surface area (Å²) in [4.78, 5) is 26.3. The predicted octanol–water partition coefficient (Wildman–Crippen LogP) is 4.90. The van der Waals surface area contributed by atoms with Crippen molar-refractivity contribution in [1.82, 2.24) is 5.32 Å². The van der Waals surface area contributed by atoms with Crippen molar-refractivity contribution >= 4 is 17.5 Å². The van der Waals surface area contributed by atoms with Crippen molar-refractivity contribution < 1.29 is 9.59 Å². The van der Waals surface area contributed by atoms with E-state index in [4.69, 9.17) is 0 Å². The minimum Gasteiger partial charge on any atom is -0.349 e. The van der Waals surface area contributed by atoms with Crippen LogP contribution in [0.3, 0.4) is 0 Å². The van der Waals surface area contributed by atoms with Crippen molar-refractivity contribution in [3.05, 3.63) is 29.8 Å². The molecule has 0 aromatic heterocycles. The molecule has 1 aromatic carbocycles. The smallest absolute Gasteiger partial charge is 0.253 e. The summed E-state index contributed by atoms with van der Waals surface area (Å²) < 4.78 is 0. The highest BCUT2D eigenvalue weighted by Gasteiger charge is 2.54. The topological polar surface area (TPSA) is 58.2 Å². The van der Waals surface area contributed by atoms with Gasteiger partial charge in [-0.3, -0.25) is 9.59 Å². The van der Waals surface area contributed by atoms with Gasteiger partial charge in [-0.25, -0.2) is 0 Å². The first-order valence-corrected chi connectivity index (χ1v) is 11.3. The fourth-order valence-electron chi connectivity index (χ4n) is 6.94. The molecule has 4 bridgehead atoms. The van der Waals surface area contributed by atoms with Gasteiger partial charge in [0.25, 0.3) is 5.91 Å². The maximum Gasteiger partial charge on any atom is 0.253 e. The predicted molar refractivity (Wildman–Crippen MR) is 110 cm³/mol. The van der Waals surface area contributed by atoms with E-state index in [2.05, 4.69) is 10.6 Å². The van der Waals surface area contributed by atoms with Crippen LogP contribution in [0.5, 0.6) is 0 Å². The second-order valence-electron chi connectivity index (χ2n) is 10.0. The Kier molecular flexibility index (Phi) is 4.68. The average Bonchev–Trinajstić information content (AvgIpc) is 2.68. The standard InChI is InChI=1S/C24H32N2O2/c27-22(25-19-6-2-1-3-7-19)20-8-4-5-9-21(20)26-23(28)24-13-16-10-17(14-24)12-18(11-16)15-24/h4-5,8-9,16-19H,1-3,6-7,10-15H2,(H,25,27)(H,26,28). The van der Waals surface area contributed by atoms with E-state index in [9.17, 15) is 9.59 Å². The number of benzene rings is 1. The first-order chi connectivity index (χ1) is 13.6. The summed E-state index contributed by atoms with van der Waals surface area (Å²) in [5.74, 6) is 2.32. The molecule has 4 heteroatoms. The Morgan fingerprint density at radius 3 is 2.11 bits per heavy atom. The minimum atomic E-state index is -0.193. The van der Waals surface area contributed by atoms with E-state index in [0.29, 0.717) is 11.3 Å². The first-order valence-electron chi connectivity index (χ1n) is 11.3. The van der Waals surface area contributed by atoms with E-state index in [1.807, 2.05) is 24.3 Å². The van der Waals surface area contributed by atoms with Gasteiger partial charge in [0.1, 0.15) is 0 Å². The van der Waals surface area contributed by atoms with Crippen molar-refractivity contribution in [2.45, 2.75) is 76.7 Å². The molecule has 0 atom stereocenters. The normalized spacial score (nSPS) is 34.2. The molecule has 0 radical (unpaired) electrons. The number of hydrogen-bond acceptors (Lipinski definition) is 2. The molecule has 4 nitrogen and oxygen atoms in total. The van der Waals surface area contributed by atoms with Gasteiger partial charge in [0.15, 0.2) is 0 Å². The van der Waals surface area contributed by atoms with Crippen LogP contribution >= 0.6 is 0 Å². The fraction of sp³-hybridized carbons (Fsp3) is 0.667. The summed E-state index contributed by atoms with van der Waals surface area (Å²) in [5, 5.41) is 6.38. The van der Waals surface area contributed by atoms with Gasteiger partial charge in [-0.15, -0.1) is 0 Å². The number of amides is 2. The van der Waals surface area contributed by atoms with Gasteiger partial charge >= 0.3 is 0 Å². The molecule has 0 spiro atoms. The largest absolute Gasteiger partial charge is 0.349 e. The van der Waals surface area contributed by atoms with E-state index in [1.54, 1.807) is 0 Å². The molecule has 5 aliphatic rings. The zero-order valence-electron chi connectivity index (χ0n) is 16.7. The monoisotopic (exact) mass is 380 g/mol. The Morgan fingerprint density at radius 2 is 1.46 bits per heavy atom. The molecule has 0 unspecified atom stereocenters. The van der Waals surface area contributed by atoms with Crippen LogP contribution in [0.25, 0.3) is 0 Å². The Morgan fingerprint density at radius 1 is 0.857 bits per heavy atom. The van der Waals surface area contributed by atoms with Gasteiger partial charge in [-0.2, -0.15) is 0 Å². The van der Waals surface area contributed by atoms with Gasteiger partial charge in [0, 0.05) is 6.04 Å². The van der Waals surface area contributed by atoms with Crippen molar-refractivity contribution in [3.8, 4) is 0 Å². The zero-order chi connectivity index (χ0) is 19.1. The van der Waals surface area contributed by atoms with E-state index < -0.39 is 0 Å². The van der Waals surface area contributed by atoms with E-state index in [0.717, 1.165) is 49.9 Å². The molecule has 6 rings (SSSR count). The molecule has 5 aliphatic carbocycles. The maximum absolute atomic E-state index is 13.4. The van der Waals surface area contributed by atoms with Crippen LogP contribution in [0.15, 0.2) is 24.3 Å². The lowest BCUT2D eigenvalue weighted by Gasteiger charge is -2.55. The third kappa shape index (κ3) is 3.35. The number of carbonyl (C=O) groups excluding carboxylic acids is 2. The Labute approximate surface area is 167 Å². The summed E-state index contributed by atoms with van der Waals surface area (Å²) in [5.41, 5.74) is 1.09. The van der Waals surface area contributed by atoms with Gasteiger partial charge in [-0.05, 0) is 81.3 Å². The Balaban J connectivity index is 1.32. The molecule has 5 saturated carbocycles. The maximum atomic E-state index is 13.4. The molecule has 5 fully saturated rings. The second kappa shape index (κ2) is 7.20. The SMILES string of the molecule is O=C(NC1CCCCC1)c1ccccc1NC(=O)C12CC3CC(CC(C3)C1)C2. The van der Waals surface area contributed by atoms with Crippen molar-refractivity contribution in [2.24, 2.45) is 23.2 Å². The highest BCUT2D eigenvalue weighted by atomic mass is 16.2. The summed E-state index contributed by atoms with van der Waals surface area (Å²) in [7, 11) is 0. The lowest BCUT2D eigenvalue weighted by atomic mass is 9.49. The van der Waals surface area contributed by atoms with E-state index >= 15 is 0 Å². The molecule has 0 heterocycles. The summed E-state index contributed by atoms with van der Waals surface area (Å²) in [6.07, 6.45) is 12.9. The molecule has 2 N–H and O–H groups in total. The van der Waals surface area contributed by atoms with Crippen LogP contribution in [0, 0.1) is 23.2 Å². The molecule has 1 aromatic rings. The van der Waals surface area contributed by atoms with Gasteiger partial charge in [0.2, 0.25) is 5.91 Å². The minimum absolute atomic E-state index is 0.0479. The second-order valence-corrected chi connectivity index (χ2v) is 10.0. The Bertz CT molecular complexity index is 730. The molecule has 0 saturated heterocycles. The van der Waals surface area contributed by atoms with E-state index in [-0.39, 0.29) is 23.3 Å². The molecular weight excluding hydrogens is 348 g/mol. The fourth-order valence-corrected chi connectivity index (χ4v) is 6.94. The van der Waals surface area contributed by atoms with Crippen LogP contribution < -0.4 is 10.6 Å². The number of carbonyl (C=O) groups is 2. The molecule has 28 heavy (non-hydrogen) atoms. The zero-order valence-corrected chi connectivity index (χ0v) is 16.7. The number of anilines is 1. The quantitative estimate of drug-likeness (QED) is 0.780. The molecule has 0 aliphatic heterocycles. The van der Waals surface area contributed by atoms with Crippen molar-refractivity contribution in [2.75, 3.05) is 5.32 Å². The summed E-state index contributed by atoms with van der Waals surface area (Å²) >= 11 is 0. The van der Waals surface area contributed by atoms with Gasteiger partial charge < -0.3 is 10.6 Å². The highest BCUT2D eigenvalue weighted by Crippen LogP contribution is 2.60. The highest BCUT2D eigenvalue weighted by molar-refractivity contribution is 6.05. The first kappa shape index (κ1) is 18.2. The van der Waals surface area contributed by atoms with Crippen molar-refractivity contribution in [1.29, 1.82) is 0 Å². The molecular formula is C24H32N2O2. The summed E-state index contributed by atoms with van der Waals surface area (Å²) in [6, 6.07) is 7.79. The number of para-hydroxylation sites is 1. The van der Waals surface area contributed by atoms with Crippen LogP contribution in [0.2, 0.25) is 0 Å². The third-order valence-electron chi connectivity index (χ3n) is 7.88. The van der Waals surface area contributed by atoms with Gasteiger partial charge in [-0.1, -0.05) is 31.4 Å². The lowest BCUT2D eigenvalue weighted by molar-refractivity contribution is -0.140. The average molecular weight is 381 g/mol. The Hall–Kier alpha value is -1.84. The van der Waals surface area contributed by atoms with Crippen molar-refractivity contribution in [3.63, 3.8) is 0 Å². The number of rotatable bonds is 4. The van der Waals surface area contributed by atoms with Crippen LogP contribution in [0.4, 0.5) is 5.69 Å². The molecule has 150 valence electrons. The number of nitrogens with one attached hydrogen (secondary N) is 2. The van der Waals surface area contributed by atoms with Crippen LogP contribution in [0.1, 0.15) is 81.0 Å². The lowest BCUT2D eigenvalue weighted by Crippen LogP contribution is -2.51.